The molecule has 1 rings (SSSR count). The monoisotopic (exact) mass is 461 g/mol. The van der Waals surface area contributed by atoms with Gasteiger partial charge in [-0.1, -0.05) is 19.9 Å². The van der Waals surface area contributed by atoms with Crippen molar-refractivity contribution in [1.82, 2.24) is 5.32 Å². The Morgan fingerprint density at radius 2 is 1.57 bits per heavy atom. The van der Waals surface area contributed by atoms with E-state index in [1.54, 1.807) is 47.6 Å². The van der Waals surface area contributed by atoms with Crippen LogP contribution in [-0.2, 0) is 29.7 Å². The topological polar surface area (TPSA) is 98.8 Å². The lowest BCUT2D eigenvalue weighted by Gasteiger charge is -2.27. The second-order valence-corrected chi connectivity index (χ2v) is 12.0. The van der Waals surface area contributed by atoms with E-state index in [1.807, 2.05) is 13.8 Å². The number of amides is 1. The molecular weight excluding hydrogens is 430 g/mol. The summed E-state index contributed by atoms with van der Waals surface area (Å²) in [6.45, 7) is 14.2. The molecule has 9 heteroatoms. The molecule has 1 aromatic carbocycles. The first-order chi connectivity index (χ1) is 13.4. The third kappa shape index (κ3) is 8.92. The molecule has 1 N–H and O–H groups in total. The van der Waals surface area contributed by atoms with E-state index in [4.69, 9.17) is 20.2 Å². The Morgan fingerprint density at radius 1 is 1.03 bits per heavy atom. The molecule has 1 amide bonds. The van der Waals surface area contributed by atoms with Crippen molar-refractivity contribution in [2.45, 2.75) is 89.9 Å². The fourth-order valence-electron chi connectivity index (χ4n) is 2.71. The van der Waals surface area contributed by atoms with Crippen LogP contribution in [0.1, 0.15) is 72.4 Å². The summed E-state index contributed by atoms with van der Waals surface area (Å²) in [6.07, 6.45) is -0.757. The van der Waals surface area contributed by atoms with Gasteiger partial charge in [0.15, 0.2) is 0 Å². The van der Waals surface area contributed by atoms with E-state index in [2.05, 4.69) is 5.32 Å². The molecule has 30 heavy (non-hydrogen) atoms. The van der Waals surface area contributed by atoms with Gasteiger partial charge >= 0.3 is 12.1 Å². The number of carbonyl (C=O) groups is 2. The summed E-state index contributed by atoms with van der Waals surface area (Å²) in [4.78, 5) is 25.0. The van der Waals surface area contributed by atoms with Gasteiger partial charge in [0.25, 0.3) is 9.05 Å². The van der Waals surface area contributed by atoms with Crippen molar-refractivity contribution in [3.8, 4) is 0 Å². The zero-order chi connectivity index (χ0) is 23.5. The van der Waals surface area contributed by atoms with E-state index >= 15 is 0 Å². The normalized spacial score (nSPS) is 13.7. The van der Waals surface area contributed by atoms with E-state index in [-0.39, 0.29) is 17.2 Å². The van der Waals surface area contributed by atoms with Gasteiger partial charge in [0.1, 0.15) is 17.2 Å². The fourth-order valence-corrected chi connectivity index (χ4v) is 3.51. The smallest absolute Gasteiger partial charge is 0.408 e. The molecule has 0 fully saturated rings. The average molecular weight is 462 g/mol. The number of rotatable bonds is 6. The summed E-state index contributed by atoms with van der Waals surface area (Å²) in [6, 6.07) is 3.43. The molecule has 1 atom stereocenters. The lowest BCUT2D eigenvalue weighted by Crippen LogP contribution is -2.47. The van der Waals surface area contributed by atoms with Crippen LogP contribution in [0.25, 0.3) is 0 Å². The minimum absolute atomic E-state index is 0.0158. The minimum atomic E-state index is -3.96. The van der Waals surface area contributed by atoms with Crippen LogP contribution in [-0.4, -0.2) is 37.7 Å². The summed E-state index contributed by atoms with van der Waals surface area (Å²) < 4.78 is 34.3. The Morgan fingerprint density at radius 3 is 2.00 bits per heavy atom. The standard InChI is InChI=1S/C21H32ClNO6S/c1-13(2)16-10-9-15(30(22,26)27)11-14(16)12-17(18(24)28-20(3,4)5)23-19(25)29-21(6,7)8/h9-11,13,17H,12H2,1-8H3,(H,23,25)/t17-/m0/s1. The first kappa shape index (κ1) is 26.2. The van der Waals surface area contributed by atoms with Crippen molar-refractivity contribution in [2.24, 2.45) is 0 Å². The molecule has 0 bridgehead atoms. The van der Waals surface area contributed by atoms with E-state index in [9.17, 15) is 18.0 Å². The summed E-state index contributed by atoms with van der Waals surface area (Å²) in [5.41, 5.74) is -0.122. The van der Waals surface area contributed by atoms with Crippen LogP contribution in [0, 0.1) is 0 Å². The molecule has 7 nitrogen and oxygen atoms in total. The van der Waals surface area contributed by atoms with Crippen LogP contribution in [0.3, 0.4) is 0 Å². The number of carbonyl (C=O) groups excluding carboxylic acids is 2. The third-order valence-electron chi connectivity index (χ3n) is 3.82. The minimum Gasteiger partial charge on any atom is -0.458 e. The SMILES string of the molecule is CC(C)c1ccc(S(=O)(=O)Cl)cc1C[C@H](NC(=O)OC(C)(C)C)C(=O)OC(C)(C)C. The maximum absolute atomic E-state index is 12.8. The highest BCUT2D eigenvalue weighted by molar-refractivity contribution is 8.13. The molecule has 0 spiro atoms. The van der Waals surface area contributed by atoms with Crippen LogP contribution in [0.2, 0.25) is 0 Å². The van der Waals surface area contributed by atoms with Gasteiger partial charge in [-0.2, -0.15) is 0 Å². The number of nitrogens with one attached hydrogen (secondary N) is 1. The Hall–Kier alpha value is -1.80. The first-order valence-electron chi connectivity index (χ1n) is 9.69. The number of esters is 1. The van der Waals surface area contributed by atoms with E-state index in [0.29, 0.717) is 5.56 Å². The van der Waals surface area contributed by atoms with Crippen molar-refractivity contribution in [3.63, 3.8) is 0 Å². The van der Waals surface area contributed by atoms with E-state index in [1.165, 1.54) is 12.1 Å². The Labute approximate surface area is 183 Å². The van der Waals surface area contributed by atoms with Gasteiger partial charge in [0, 0.05) is 17.1 Å². The zero-order valence-electron chi connectivity index (χ0n) is 18.8. The Bertz CT molecular complexity index is 882. The number of halogens is 1. The summed E-state index contributed by atoms with van der Waals surface area (Å²) in [7, 11) is 1.54. The van der Waals surface area contributed by atoms with Crippen LogP contribution >= 0.6 is 10.7 Å². The van der Waals surface area contributed by atoms with Gasteiger partial charge in [-0.15, -0.1) is 0 Å². The maximum Gasteiger partial charge on any atom is 0.408 e. The molecule has 0 aromatic heterocycles. The highest BCUT2D eigenvalue weighted by Gasteiger charge is 2.30. The van der Waals surface area contributed by atoms with Crippen molar-refractivity contribution in [3.05, 3.63) is 29.3 Å². The van der Waals surface area contributed by atoms with Gasteiger partial charge in [-0.05, 0) is 70.7 Å². The molecule has 170 valence electrons. The largest absolute Gasteiger partial charge is 0.458 e. The van der Waals surface area contributed by atoms with Crippen molar-refractivity contribution in [2.75, 3.05) is 0 Å². The highest BCUT2D eigenvalue weighted by Crippen LogP contribution is 2.26. The predicted molar refractivity (Wildman–Crippen MR) is 116 cm³/mol. The molecule has 0 radical (unpaired) electrons. The number of benzene rings is 1. The van der Waals surface area contributed by atoms with Crippen LogP contribution in [0.15, 0.2) is 23.1 Å². The van der Waals surface area contributed by atoms with Crippen LogP contribution in [0.5, 0.6) is 0 Å². The van der Waals surface area contributed by atoms with Gasteiger partial charge in [-0.25, -0.2) is 18.0 Å². The fraction of sp³-hybridized carbons (Fsp3) is 0.619. The van der Waals surface area contributed by atoms with Crippen molar-refractivity contribution >= 4 is 31.8 Å². The maximum atomic E-state index is 12.8. The van der Waals surface area contributed by atoms with E-state index < -0.39 is 38.4 Å². The molecule has 0 aliphatic rings. The lowest BCUT2D eigenvalue weighted by molar-refractivity contribution is -0.157. The quantitative estimate of drug-likeness (QED) is 0.494. The molecular formula is C21H32ClNO6S. The third-order valence-corrected chi connectivity index (χ3v) is 5.18. The summed E-state index contributed by atoms with van der Waals surface area (Å²) >= 11 is 0. The Kier molecular flexibility index (Phi) is 8.36. The van der Waals surface area contributed by atoms with Crippen molar-refractivity contribution < 1.29 is 27.5 Å². The van der Waals surface area contributed by atoms with Crippen LogP contribution in [0.4, 0.5) is 4.79 Å². The first-order valence-corrected chi connectivity index (χ1v) is 12.0. The molecule has 0 heterocycles. The number of alkyl carbamates (subject to hydrolysis) is 1. The molecule has 0 saturated heterocycles. The number of hydrogen-bond donors (Lipinski definition) is 1. The zero-order valence-corrected chi connectivity index (χ0v) is 20.4. The van der Waals surface area contributed by atoms with Gasteiger partial charge in [-0.3, -0.25) is 0 Å². The van der Waals surface area contributed by atoms with Gasteiger partial charge in [0.2, 0.25) is 0 Å². The lowest BCUT2D eigenvalue weighted by atomic mass is 9.93. The van der Waals surface area contributed by atoms with Crippen molar-refractivity contribution in [1.29, 1.82) is 0 Å². The molecule has 1 aromatic rings. The highest BCUT2D eigenvalue weighted by atomic mass is 35.7. The van der Waals surface area contributed by atoms with Crippen LogP contribution < -0.4 is 5.32 Å². The number of hydrogen-bond acceptors (Lipinski definition) is 6. The molecule has 0 saturated carbocycles. The summed E-state index contributed by atoms with van der Waals surface area (Å²) in [5.74, 6) is -0.602. The molecule has 0 aliphatic heterocycles. The molecule has 0 unspecified atom stereocenters. The summed E-state index contributed by atoms with van der Waals surface area (Å²) in [5, 5.41) is 2.55. The second-order valence-electron chi connectivity index (χ2n) is 9.39. The van der Waals surface area contributed by atoms with Gasteiger partial charge in [0.05, 0.1) is 4.90 Å². The Balaban J connectivity index is 3.34. The van der Waals surface area contributed by atoms with E-state index in [0.717, 1.165) is 5.56 Å². The van der Waals surface area contributed by atoms with Gasteiger partial charge < -0.3 is 14.8 Å². The number of ether oxygens (including phenoxy) is 2. The average Bonchev–Trinajstić information content (AvgIpc) is 2.49. The predicted octanol–water partition coefficient (Wildman–Crippen LogP) is 4.52. The second kappa shape index (κ2) is 9.56. The molecule has 0 aliphatic carbocycles.